The van der Waals surface area contributed by atoms with Crippen LogP contribution in [0.3, 0.4) is 0 Å². The third-order valence-electron chi connectivity index (χ3n) is 1.83. The minimum Gasteiger partial charge on any atom is -0.303 e. The standard InChI is InChI=1S/C10H8FN3O/c11-8-4-1-2-5-9(8)13-10(15)14-7-3-6-12-14/h1-7H,(H,13,15). The smallest absolute Gasteiger partial charge is 0.303 e. The molecule has 0 aliphatic rings. The number of aromatic nitrogens is 2. The summed E-state index contributed by atoms with van der Waals surface area (Å²) in [5.74, 6) is -0.474. The van der Waals surface area contributed by atoms with E-state index < -0.39 is 11.8 Å². The summed E-state index contributed by atoms with van der Waals surface area (Å²) in [6, 6.07) is 7.07. The van der Waals surface area contributed by atoms with E-state index in [2.05, 4.69) is 10.4 Å². The van der Waals surface area contributed by atoms with Crippen molar-refractivity contribution in [2.45, 2.75) is 0 Å². The summed E-state index contributed by atoms with van der Waals surface area (Å²) in [4.78, 5) is 11.5. The number of benzene rings is 1. The number of amides is 1. The zero-order valence-corrected chi connectivity index (χ0v) is 7.72. The van der Waals surface area contributed by atoms with Crippen LogP contribution in [0.15, 0.2) is 42.7 Å². The second kappa shape index (κ2) is 3.91. The van der Waals surface area contributed by atoms with Crippen LogP contribution >= 0.6 is 0 Å². The Kier molecular flexibility index (Phi) is 2.45. The molecular weight excluding hydrogens is 197 g/mol. The summed E-state index contributed by atoms with van der Waals surface area (Å²) in [5.41, 5.74) is 0.137. The Morgan fingerprint density at radius 3 is 2.80 bits per heavy atom. The second-order valence-electron chi connectivity index (χ2n) is 2.86. The molecule has 1 aromatic heterocycles. The number of halogens is 1. The molecule has 0 unspecified atom stereocenters. The SMILES string of the molecule is O=C(Nc1ccccc1F)n1cccn1. The summed E-state index contributed by atoms with van der Waals surface area (Å²) < 4.78 is 14.2. The summed E-state index contributed by atoms with van der Waals surface area (Å²) in [5, 5.41) is 6.12. The molecule has 1 amide bonds. The third-order valence-corrected chi connectivity index (χ3v) is 1.83. The Morgan fingerprint density at radius 1 is 1.33 bits per heavy atom. The van der Waals surface area contributed by atoms with Gasteiger partial charge in [-0.15, -0.1) is 0 Å². The number of hydrogen-bond acceptors (Lipinski definition) is 2. The van der Waals surface area contributed by atoms with Crippen molar-refractivity contribution in [2.24, 2.45) is 0 Å². The molecule has 0 spiro atoms. The maximum atomic E-state index is 13.1. The fourth-order valence-corrected chi connectivity index (χ4v) is 1.12. The number of nitrogens with one attached hydrogen (secondary N) is 1. The molecule has 0 atom stereocenters. The first-order chi connectivity index (χ1) is 7.27. The van der Waals surface area contributed by atoms with Crippen LogP contribution in [0, 0.1) is 5.82 Å². The molecule has 0 bridgehead atoms. The first-order valence-electron chi connectivity index (χ1n) is 4.33. The zero-order valence-electron chi connectivity index (χ0n) is 7.72. The average Bonchev–Trinajstić information content (AvgIpc) is 2.74. The quantitative estimate of drug-likeness (QED) is 0.774. The highest BCUT2D eigenvalue weighted by molar-refractivity contribution is 5.90. The van der Waals surface area contributed by atoms with Crippen LogP contribution in [-0.4, -0.2) is 15.8 Å². The maximum Gasteiger partial charge on any atom is 0.346 e. The van der Waals surface area contributed by atoms with Crippen molar-refractivity contribution in [3.8, 4) is 0 Å². The fraction of sp³-hybridized carbons (Fsp3) is 0. The Hall–Kier alpha value is -2.17. The predicted octanol–water partition coefficient (Wildman–Crippen LogP) is 2.10. The highest BCUT2D eigenvalue weighted by Gasteiger charge is 2.07. The number of para-hydroxylation sites is 1. The van der Waals surface area contributed by atoms with Gasteiger partial charge in [-0.25, -0.2) is 9.18 Å². The normalized spacial score (nSPS) is 9.93. The lowest BCUT2D eigenvalue weighted by Gasteiger charge is -2.04. The van der Waals surface area contributed by atoms with E-state index in [9.17, 15) is 9.18 Å². The maximum absolute atomic E-state index is 13.1. The molecular formula is C10H8FN3O. The number of carbonyl (C=O) groups excluding carboxylic acids is 1. The van der Waals surface area contributed by atoms with Gasteiger partial charge in [0.2, 0.25) is 0 Å². The van der Waals surface area contributed by atoms with Gasteiger partial charge in [0.1, 0.15) is 5.82 Å². The summed E-state index contributed by atoms with van der Waals surface area (Å²) in [6.07, 6.45) is 2.96. The van der Waals surface area contributed by atoms with Gasteiger partial charge in [0.15, 0.2) is 0 Å². The molecule has 0 aliphatic heterocycles. The van der Waals surface area contributed by atoms with Crippen molar-refractivity contribution >= 4 is 11.7 Å². The number of nitrogens with zero attached hydrogens (tertiary/aromatic N) is 2. The first kappa shape index (κ1) is 9.39. The lowest BCUT2D eigenvalue weighted by atomic mass is 10.3. The van der Waals surface area contributed by atoms with Crippen molar-refractivity contribution in [1.82, 2.24) is 9.78 Å². The molecule has 5 heteroatoms. The van der Waals surface area contributed by atoms with Gasteiger partial charge in [0, 0.05) is 12.4 Å². The molecule has 0 aliphatic carbocycles. The van der Waals surface area contributed by atoms with Gasteiger partial charge in [0.05, 0.1) is 5.69 Å². The molecule has 0 saturated carbocycles. The predicted molar refractivity (Wildman–Crippen MR) is 53.0 cm³/mol. The monoisotopic (exact) mass is 205 g/mol. The Bertz CT molecular complexity index is 467. The van der Waals surface area contributed by atoms with Crippen molar-refractivity contribution in [3.05, 3.63) is 48.5 Å². The topological polar surface area (TPSA) is 46.9 Å². The Balaban J connectivity index is 2.17. The minimum absolute atomic E-state index is 0.137. The average molecular weight is 205 g/mol. The molecule has 1 aromatic carbocycles. The summed E-state index contributed by atoms with van der Waals surface area (Å²) >= 11 is 0. The van der Waals surface area contributed by atoms with Gasteiger partial charge in [-0.05, 0) is 18.2 Å². The molecule has 0 saturated heterocycles. The zero-order chi connectivity index (χ0) is 10.7. The van der Waals surface area contributed by atoms with Crippen molar-refractivity contribution in [1.29, 1.82) is 0 Å². The van der Waals surface area contributed by atoms with Crippen LogP contribution in [0.25, 0.3) is 0 Å². The summed E-state index contributed by atoms with van der Waals surface area (Å²) in [6.45, 7) is 0. The van der Waals surface area contributed by atoms with E-state index in [0.29, 0.717) is 0 Å². The van der Waals surface area contributed by atoms with E-state index in [-0.39, 0.29) is 5.69 Å². The third kappa shape index (κ3) is 2.01. The second-order valence-corrected chi connectivity index (χ2v) is 2.86. The van der Waals surface area contributed by atoms with E-state index in [4.69, 9.17) is 0 Å². The van der Waals surface area contributed by atoms with E-state index >= 15 is 0 Å². The lowest BCUT2D eigenvalue weighted by molar-refractivity contribution is 0.251. The Labute approximate surface area is 85.3 Å². The van der Waals surface area contributed by atoms with Crippen LogP contribution in [0.1, 0.15) is 0 Å². The van der Waals surface area contributed by atoms with Crippen LogP contribution in [0.4, 0.5) is 14.9 Å². The van der Waals surface area contributed by atoms with Gasteiger partial charge in [-0.1, -0.05) is 12.1 Å². The van der Waals surface area contributed by atoms with E-state index in [1.54, 1.807) is 18.2 Å². The van der Waals surface area contributed by atoms with Crippen LogP contribution in [-0.2, 0) is 0 Å². The van der Waals surface area contributed by atoms with Gasteiger partial charge >= 0.3 is 6.03 Å². The van der Waals surface area contributed by atoms with Crippen LogP contribution < -0.4 is 5.32 Å². The molecule has 15 heavy (non-hydrogen) atoms. The van der Waals surface area contributed by atoms with Crippen molar-refractivity contribution in [2.75, 3.05) is 5.32 Å². The highest BCUT2D eigenvalue weighted by Crippen LogP contribution is 2.12. The highest BCUT2D eigenvalue weighted by atomic mass is 19.1. The fourth-order valence-electron chi connectivity index (χ4n) is 1.12. The minimum atomic E-state index is -0.495. The number of carbonyl (C=O) groups is 1. The van der Waals surface area contributed by atoms with Gasteiger partial charge in [-0.2, -0.15) is 9.78 Å². The molecule has 1 N–H and O–H groups in total. The van der Waals surface area contributed by atoms with Crippen molar-refractivity contribution in [3.63, 3.8) is 0 Å². The van der Waals surface area contributed by atoms with E-state index in [1.807, 2.05) is 0 Å². The largest absolute Gasteiger partial charge is 0.346 e. The summed E-state index contributed by atoms with van der Waals surface area (Å²) in [7, 11) is 0. The van der Waals surface area contributed by atoms with Crippen molar-refractivity contribution < 1.29 is 9.18 Å². The molecule has 0 fully saturated rings. The van der Waals surface area contributed by atoms with Gasteiger partial charge < -0.3 is 5.32 Å². The van der Waals surface area contributed by atoms with E-state index in [1.165, 1.54) is 24.5 Å². The van der Waals surface area contributed by atoms with E-state index in [0.717, 1.165) is 4.68 Å². The molecule has 0 radical (unpaired) electrons. The Morgan fingerprint density at radius 2 is 2.13 bits per heavy atom. The lowest BCUT2D eigenvalue weighted by Crippen LogP contribution is -2.20. The van der Waals surface area contributed by atoms with Crippen LogP contribution in [0.5, 0.6) is 0 Å². The molecule has 4 nitrogen and oxygen atoms in total. The molecule has 2 aromatic rings. The number of rotatable bonds is 1. The van der Waals surface area contributed by atoms with Gasteiger partial charge in [0.25, 0.3) is 0 Å². The van der Waals surface area contributed by atoms with Gasteiger partial charge in [-0.3, -0.25) is 0 Å². The molecule has 76 valence electrons. The molecule has 1 heterocycles. The molecule has 2 rings (SSSR count). The van der Waals surface area contributed by atoms with Crippen LogP contribution in [0.2, 0.25) is 0 Å². The number of hydrogen-bond donors (Lipinski definition) is 1. The number of anilines is 1. The first-order valence-corrected chi connectivity index (χ1v) is 4.33.